The van der Waals surface area contributed by atoms with Crippen molar-refractivity contribution >= 4 is 0 Å². The first-order chi connectivity index (χ1) is 20.2. The van der Waals surface area contributed by atoms with Gasteiger partial charge in [-0.25, -0.2) is 0 Å². The highest BCUT2D eigenvalue weighted by molar-refractivity contribution is 5.40. The van der Waals surface area contributed by atoms with Crippen LogP contribution in [0.4, 0.5) is 0 Å². The molecule has 1 aromatic rings. The predicted octanol–water partition coefficient (Wildman–Crippen LogP) is 8.21. The van der Waals surface area contributed by atoms with Crippen LogP contribution in [-0.4, -0.2) is 74.8 Å². The summed E-state index contributed by atoms with van der Waals surface area (Å²) in [5.41, 5.74) is 1.06. The van der Waals surface area contributed by atoms with Gasteiger partial charge >= 0.3 is 0 Å². The van der Waals surface area contributed by atoms with E-state index in [-0.39, 0.29) is 11.5 Å². The molecule has 0 unspecified atom stereocenters. The number of nitrogens with zero attached hydrogens (tertiary/aromatic N) is 1. The summed E-state index contributed by atoms with van der Waals surface area (Å²) < 4.78 is 22.3. The zero-order valence-electron chi connectivity index (χ0n) is 26.6. The van der Waals surface area contributed by atoms with E-state index in [1.807, 2.05) is 6.07 Å². The Morgan fingerprint density at radius 1 is 0.512 bits per heavy atom. The monoisotopic (exact) mass is 581 g/mol. The average Bonchev–Trinajstić information content (AvgIpc) is 2.97. The third-order valence-corrected chi connectivity index (χ3v) is 7.40. The fourth-order valence-corrected chi connectivity index (χ4v) is 4.75. The maximum atomic E-state index is 9.84. The van der Waals surface area contributed by atoms with Gasteiger partial charge in [0.2, 0.25) is 0 Å². The zero-order chi connectivity index (χ0) is 29.6. The van der Waals surface area contributed by atoms with Crippen LogP contribution < -0.4 is 0 Å². The van der Waals surface area contributed by atoms with Gasteiger partial charge in [-0.15, -0.1) is 0 Å². The van der Waals surface area contributed by atoms with Crippen LogP contribution in [0.1, 0.15) is 122 Å². The van der Waals surface area contributed by atoms with Crippen molar-refractivity contribution in [3.63, 3.8) is 0 Å². The van der Waals surface area contributed by atoms with Gasteiger partial charge in [-0.1, -0.05) is 84.1 Å². The minimum absolute atomic E-state index is 0.0396. The van der Waals surface area contributed by atoms with Crippen LogP contribution in [0.2, 0.25) is 0 Å². The maximum Gasteiger partial charge on any atom is 0.157 e. The Bertz CT molecular complexity index is 659. The van der Waals surface area contributed by atoms with E-state index in [2.05, 4.69) is 18.7 Å². The molecule has 0 radical (unpaired) electrons. The van der Waals surface area contributed by atoms with E-state index >= 15 is 0 Å². The molecule has 0 aliphatic heterocycles. The van der Waals surface area contributed by atoms with Crippen LogP contribution in [0.25, 0.3) is 0 Å². The van der Waals surface area contributed by atoms with Gasteiger partial charge < -0.3 is 34.1 Å². The van der Waals surface area contributed by atoms with Crippen molar-refractivity contribution in [2.75, 3.05) is 59.6 Å². The van der Waals surface area contributed by atoms with E-state index in [9.17, 15) is 10.2 Å². The molecule has 2 N–H and O–H groups in total. The molecule has 1 aromatic carbocycles. The summed E-state index contributed by atoms with van der Waals surface area (Å²) in [6.45, 7) is 11.6. The van der Waals surface area contributed by atoms with Gasteiger partial charge in [0.05, 0.1) is 0 Å². The van der Waals surface area contributed by atoms with Crippen molar-refractivity contribution in [3.8, 4) is 11.5 Å². The number of benzene rings is 1. The van der Waals surface area contributed by atoms with E-state index in [4.69, 9.17) is 18.9 Å². The molecule has 0 bridgehead atoms. The second-order valence-electron chi connectivity index (χ2n) is 11.2. The Morgan fingerprint density at radius 3 is 1.39 bits per heavy atom. The molecule has 7 nitrogen and oxygen atoms in total. The molecule has 0 aliphatic carbocycles. The number of hydrogen-bond donors (Lipinski definition) is 2. The molecule has 1 rings (SSSR count). The highest BCUT2D eigenvalue weighted by Crippen LogP contribution is 2.25. The van der Waals surface area contributed by atoms with Gasteiger partial charge in [0.25, 0.3) is 0 Å². The highest BCUT2D eigenvalue weighted by Gasteiger charge is 2.07. The van der Waals surface area contributed by atoms with E-state index < -0.39 is 0 Å². The number of hydrogen-bond acceptors (Lipinski definition) is 7. The van der Waals surface area contributed by atoms with Crippen LogP contribution in [-0.2, 0) is 25.4 Å². The fraction of sp³-hybridized carbons (Fsp3) is 0.824. The number of rotatable bonds is 31. The lowest BCUT2D eigenvalue weighted by atomic mass is 10.1. The summed E-state index contributed by atoms with van der Waals surface area (Å²) in [6, 6.07) is 5.16. The summed E-state index contributed by atoms with van der Waals surface area (Å²) in [4.78, 5) is 2.55. The number of unbranched alkanes of at least 4 members (excludes halogenated alkanes) is 12. The van der Waals surface area contributed by atoms with Gasteiger partial charge in [-0.2, -0.15) is 0 Å². The average molecular weight is 582 g/mol. The van der Waals surface area contributed by atoms with Crippen LogP contribution in [0.15, 0.2) is 18.2 Å². The van der Waals surface area contributed by atoms with E-state index in [1.165, 1.54) is 77.0 Å². The van der Waals surface area contributed by atoms with E-state index in [0.29, 0.717) is 13.6 Å². The lowest BCUT2D eigenvalue weighted by Gasteiger charge is -2.22. The topological polar surface area (TPSA) is 80.6 Å². The molecule has 0 heterocycles. The van der Waals surface area contributed by atoms with Crippen molar-refractivity contribution in [1.82, 2.24) is 4.90 Å². The molecule has 0 atom stereocenters. The minimum Gasteiger partial charge on any atom is -0.504 e. The quantitative estimate of drug-likeness (QED) is 0.0519. The van der Waals surface area contributed by atoms with Crippen molar-refractivity contribution in [3.05, 3.63) is 23.8 Å². The number of aromatic hydroxyl groups is 2. The summed E-state index contributed by atoms with van der Waals surface area (Å²) >= 11 is 0. The first kappa shape index (κ1) is 37.6. The lowest BCUT2D eigenvalue weighted by molar-refractivity contribution is -0.0557. The first-order valence-corrected chi connectivity index (χ1v) is 16.7. The molecule has 0 aliphatic rings. The SMILES string of the molecule is CCCCCCOCOCCCCCCN(CCCCCCOCOCCCCCC)CCc1ccc(O)c(O)c1. The van der Waals surface area contributed by atoms with E-state index in [0.717, 1.165) is 83.7 Å². The molecular weight excluding hydrogens is 518 g/mol. The first-order valence-electron chi connectivity index (χ1n) is 16.7. The Kier molecular flexibility index (Phi) is 26.4. The van der Waals surface area contributed by atoms with Crippen LogP contribution in [0, 0.1) is 0 Å². The van der Waals surface area contributed by atoms with Gasteiger partial charge in [-0.3, -0.25) is 0 Å². The second kappa shape index (κ2) is 28.7. The van der Waals surface area contributed by atoms with Gasteiger partial charge in [0, 0.05) is 33.0 Å². The summed E-state index contributed by atoms with van der Waals surface area (Å²) in [5.74, 6) is -0.0992. The van der Waals surface area contributed by atoms with Crippen LogP contribution in [0.5, 0.6) is 11.5 Å². The Hall–Kier alpha value is -1.38. The van der Waals surface area contributed by atoms with Crippen molar-refractivity contribution in [1.29, 1.82) is 0 Å². The van der Waals surface area contributed by atoms with E-state index in [1.54, 1.807) is 12.1 Å². The van der Waals surface area contributed by atoms with Gasteiger partial charge in [-0.05, 0) is 75.7 Å². The number of phenolic OH excluding ortho intramolecular Hbond substituents is 2. The standard InChI is InChI=1S/C34H63NO6/c1-3-5-7-15-25-38-30-40-27-17-11-9-13-22-35(24-21-32-19-20-33(36)34(37)29-32)23-14-10-12-18-28-41-31-39-26-16-8-6-4-2/h19-20,29,36-37H,3-18,21-28,30-31H2,1-2H3. The largest absolute Gasteiger partial charge is 0.504 e. The molecule has 41 heavy (non-hydrogen) atoms. The Morgan fingerprint density at radius 2 is 0.951 bits per heavy atom. The molecule has 0 saturated heterocycles. The second-order valence-corrected chi connectivity index (χ2v) is 11.2. The molecule has 7 heteroatoms. The summed E-state index contributed by atoms with van der Waals surface area (Å²) in [5, 5.41) is 19.4. The smallest absolute Gasteiger partial charge is 0.157 e. The minimum atomic E-state index is -0.0596. The zero-order valence-corrected chi connectivity index (χ0v) is 26.6. The molecule has 0 spiro atoms. The molecule has 0 saturated carbocycles. The molecular formula is C34H63NO6. The summed E-state index contributed by atoms with van der Waals surface area (Å²) in [6.07, 6.45) is 20.0. The Balaban J connectivity index is 2.15. The van der Waals surface area contributed by atoms with Crippen LogP contribution >= 0.6 is 0 Å². The predicted molar refractivity (Wildman–Crippen MR) is 169 cm³/mol. The van der Waals surface area contributed by atoms with Crippen LogP contribution in [0.3, 0.4) is 0 Å². The highest BCUT2D eigenvalue weighted by atomic mass is 16.7. The molecule has 0 aromatic heterocycles. The van der Waals surface area contributed by atoms with Gasteiger partial charge in [0.15, 0.2) is 11.5 Å². The van der Waals surface area contributed by atoms with Crippen molar-refractivity contribution in [2.24, 2.45) is 0 Å². The van der Waals surface area contributed by atoms with Crippen molar-refractivity contribution < 1.29 is 29.2 Å². The number of ether oxygens (including phenoxy) is 4. The molecule has 240 valence electrons. The normalized spacial score (nSPS) is 11.6. The lowest BCUT2D eigenvalue weighted by Crippen LogP contribution is -2.28. The molecule has 0 fully saturated rings. The third kappa shape index (κ3) is 23.8. The number of phenols is 2. The third-order valence-electron chi connectivity index (χ3n) is 7.40. The molecule has 0 amide bonds. The maximum absolute atomic E-state index is 9.84. The van der Waals surface area contributed by atoms with Crippen molar-refractivity contribution in [2.45, 2.75) is 123 Å². The summed E-state index contributed by atoms with van der Waals surface area (Å²) in [7, 11) is 0. The fourth-order valence-electron chi connectivity index (χ4n) is 4.75. The van der Waals surface area contributed by atoms with Gasteiger partial charge in [0.1, 0.15) is 13.6 Å². The Labute approximate surface area is 251 Å².